The molecular formula is C18H17BrN2O2S. The van der Waals surface area contributed by atoms with Gasteiger partial charge >= 0.3 is 5.97 Å². The number of ether oxygens (including phenoxy) is 1. The Bertz CT molecular complexity index is 857. The minimum absolute atomic E-state index is 0.365. The summed E-state index contributed by atoms with van der Waals surface area (Å²) in [4.78, 5) is 19.1. The van der Waals surface area contributed by atoms with Crippen LogP contribution in [0.25, 0.3) is 10.2 Å². The van der Waals surface area contributed by atoms with E-state index in [1.165, 1.54) is 0 Å². The van der Waals surface area contributed by atoms with Gasteiger partial charge in [-0.05, 0) is 50.2 Å². The van der Waals surface area contributed by atoms with Gasteiger partial charge in [0, 0.05) is 23.6 Å². The maximum absolute atomic E-state index is 12.2. The van der Waals surface area contributed by atoms with Crippen LogP contribution in [0.2, 0.25) is 0 Å². The fourth-order valence-electron chi connectivity index (χ4n) is 2.34. The van der Waals surface area contributed by atoms with Crippen LogP contribution < -0.4 is 9.64 Å². The van der Waals surface area contributed by atoms with Crippen molar-refractivity contribution in [3.05, 3.63) is 52.5 Å². The highest BCUT2D eigenvalue weighted by atomic mass is 79.9. The zero-order chi connectivity index (χ0) is 17.1. The summed E-state index contributed by atoms with van der Waals surface area (Å²) < 4.78 is 7.42. The molecule has 3 rings (SSSR count). The minimum Gasteiger partial charge on any atom is -0.423 e. The second kappa shape index (κ2) is 7.32. The topological polar surface area (TPSA) is 42.4 Å². The van der Waals surface area contributed by atoms with Gasteiger partial charge in [-0.25, -0.2) is 9.78 Å². The molecule has 1 aromatic heterocycles. The van der Waals surface area contributed by atoms with Crippen LogP contribution in [0.5, 0.6) is 5.75 Å². The molecule has 0 saturated carbocycles. The van der Waals surface area contributed by atoms with E-state index in [-0.39, 0.29) is 5.97 Å². The zero-order valence-electron chi connectivity index (χ0n) is 13.5. The Hall–Kier alpha value is -1.92. The lowest BCUT2D eigenvalue weighted by molar-refractivity contribution is 0.0735. The van der Waals surface area contributed by atoms with Crippen LogP contribution >= 0.6 is 27.3 Å². The predicted octanol–water partition coefficient (Wildman–Crippen LogP) is 5.12. The van der Waals surface area contributed by atoms with Gasteiger partial charge in [0.2, 0.25) is 0 Å². The van der Waals surface area contributed by atoms with E-state index in [9.17, 15) is 4.79 Å². The molecule has 3 aromatic rings. The molecule has 0 unspecified atom stereocenters. The highest BCUT2D eigenvalue weighted by molar-refractivity contribution is 9.10. The second-order valence-corrected chi connectivity index (χ2v) is 7.12. The van der Waals surface area contributed by atoms with Crippen molar-refractivity contribution in [1.82, 2.24) is 4.98 Å². The number of anilines is 1. The molecule has 0 aliphatic carbocycles. The molecule has 1 heterocycles. The summed E-state index contributed by atoms with van der Waals surface area (Å²) in [5, 5.41) is 0.992. The number of carbonyl (C=O) groups is 1. The van der Waals surface area contributed by atoms with Crippen LogP contribution in [0.1, 0.15) is 24.2 Å². The molecule has 0 aliphatic heterocycles. The number of hydrogen-bond acceptors (Lipinski definition) is 5. The zero-order valence-corrected chi connectivity index (χ0v) is 15.9. The van der Waals surface area contributed by atoms with E-state index in [2.05, 4.69) is 39.7 Å². The SMILES string of the molecule is CCN(CC)c1nc2ccc(OC(=O)c3ccc(Br)cc3)cc2s1. The molecule has 6 heteroatoms. The first-order valence-corrected chi connectivity index (χ1v) is 9.35. The number of esters is 1. The van der Waals surface area contributed by atoms with E-state index in [4.69, 9.17) is 4.74 Å². The largest absolute Gasteiger partial charge is 0.423 e. The Morgan fingerprint density at radius 3 is 2.54 bits per heavy atom. The maximum atomic E-state index is 12.2. The van der Waals surface area contributed by atoms with E-state index < -0.39 is 0 Å². The fourth-order valence-corrected chi connectivity index (χ4v) is 3.72. The van der Waals surface area contributed by atoms with Crippen molar-refractivity contribution < 1.29 is 9.53 Å². The third-order valence-corrected chi connectivity index (χ3v) is 5.28. The highest BCUT2D eigenvalue weighted by Crippen LogP contribution is 2.31. The standard InChI is InChI=1S/C18H17BrN2O2S/c1-3-21(4-2)18-20-15-10-9-14(11-16(15)24-18)23-17(22)12-5-7-13(19)8-6-12/h5-11H,3-4H2,1-2H3. The van der Waals surface area contributed by atoms with Gasteiger partial charge in [0.1, 0.15) is 5.75 Å². The third kappa shape index (κ3) is 3.60. The molecule has 0 spiro atoms. The Morgan fingerprint density at radius 2 is 1.88 bits per heavy atom. The first-order chi connectivity index (χ1) is 11.6. The number of thiazole rings is 1. The van der Waals surface area contributed by atoms with Crippen molar-refractivity contribution in [3.63, 3.8) is 0 Å². The van der Waals surface area contributed by atoms with Crippen LogP contribution in [0, 0.1) is 0 Å². The Morgan fingerprint density at radius 1 is 1.17 bits per heavy atom. The Balaban J connectivity index is 1.82. The molecule has 0 N–H and O–H groups in total. The number of fused-ring (bicyclic) bond motifs is 1. The van der Waals surface area contributed by atoms with Crippen LogP contribution in [0.15, 0.2) is 46.9 Å². The first-order valence-electron chi connectivity index (χ1n) is 7.74. The van der Waals surface area contributed by atoms with Crippen LogP contribution in [0.3, 0.4) is 0 Å². The van der Waals surface area contributed by atoms with Crippen LogP contribution in [0.4, 0.5) is 5.13 Å². The summed E-state index contributed by atoms with van der Waals surface area (Å²) in [7, 11) is 0. The lowest BCUT2D eigenvalue weighted by Gasteiger charge is -2.16. The average molecular weight is 405 g/mol. The summed E-state index contributed by atoms with van der Waals surface area (Å²) in [5.41, 5.74) is 1.44. The molecule has 0 atom stereocenters. The number of nitrogens with zero attached hydrogens (tertiary/aromatic N) is 2. The molecule has 0 fully saturated rings. The normalized spacial score (nSPS) is 10.8. The van der Waals surface area contributed by atoms with Gasteiger partial charge < -0.3 is 9.64 Å². The molecule has 124 valence electrons. The van der Waals surface area contributed by atoms with Gasteiger partial charge in [0.25, 0.3) is 0 Å². The van der Waals surface area contributed by atoms with E-state index in [1.807, 2.05) is 24.3 Å². The molecule has 4 nitrogen and oxygen atoms in total. The molecule has 0 radical (unpaired) electrons. The van der Waals surface area contributed by atoms with E-state index in [0.717, 1.165) is 32.9 Å². The van der Waals surface area contributed by atoms with Crippen LogP contribution in [-0.2, 0) is 0 Å². The summed E-state index contributed by atoms with van der Waals surface area (Å²) in [6, 6.07) is 12.6. The van der Waals surface area contributed by atoms with Crippen LogP contribution in [-0.4, -0.2) is 24.0 Å². The number of rotatable bonds is 5. The molecule has 0 amide bonds. The van der Waals surface area contributed by atoms with Gasteiger partial charge in [-0.3, -0.25) is 0 Å². The predicted molar refractivity (Wildman–Crippen MR) is 102 cm³/mol. The number of halogens is 1. The van der Waals surface area contributed by atoms with E-state index >= 15 is 0 Å². The summed E-state index contributed by atoms with van der Waals surface area (Å²) in [5.74, 6) is 0.167. The summed E-state index contributed by atoms with van der Waals surface area (Å²) in [6.07, 6.45) is 0. The fraction of sp³-hybridized carbons (Fsp3) is 0.222. The van der Waals surface area contributed by atoms with Gasteiger partial charge in [-0.2, -0.15) is 0 Å². The first kappa shape index (κ1) is 16.9. The molecular weight excluding hydrogens is 388 g/mol. The van der Waals surface area contributed by atoms with Gasteiger partial charge in [-0.1, -0.05) is 27.3 Å². The molecule has 0 aliphatic rings. The molecule has 0 saturated heterocycles. The monoisotopic (exact) mass is 404 g/mol. The Labute approximate surface area is 153 Å². The number of carbonyl (C=O) groups excluding carboxylic acids is 1. The lowest BCUT2D eigenvalue weighted by atomic mass is 10.2. The van der Waals surface area contributed by atoms with Gasteiger partial charge in [0.15, 0.2) is 5.13 Å². The third-order valence-electron chi connectivity index (χ3n) is 3.67. The molecule has 24 heavy (non-hydrogen) atoms. The molecule has 2 aromatic carbocycles. The van der Waals surface area contributed by atoms with Crippen molar-refractivity contribution in [3.8, 4) is 5.75 Å². The summed E-state index contributed by atoms with van der Waals surface area (Å²) in [6.45, 7) is 6.06. The summed E-state index contributed by atoms with van der Waals surface area (Å²) >= 11 is 4.96. The van der Waals surface area contributed by atoms with Crippen molar-refractivity contribution in [2.24, 2.45) is 0 Å². The lowest BCUT2D eigenvalue weighted by Crippen LogP contribution is -2.21. The van der Waals surface area contributed by atoms with E-state index in [1.54, 1.807) is 29.5 Å². The quantitative estimate of drug-likeness (QED) is 0.436. The minimum atomic E-state index is -0.365. The van der Waals surface area contributed by atoms with Crippen molar-refractivity contribution >= 4 is 48.6 Å². The van der Waals surface area contributed by atoms with E-state index in [0.29, 0.717) is 11.3 Å². The second-order valence-electron chi connectivity index (χ2n) is 5.19. The maximum Gasteiger partial charge on any atom is 0.343 e. The number of aromatic nitrogens is 1. The van der Waals surface area contributed by atoms with Gasteiger partial charge in [-0.15, -0.1) is 0 Å². The number of hydrogen-bond donors (Lipinski definition) is 0. The highest BCUT2D eigenvalue weighted by Gasteiger charge is 2.12. The van der Waals surface area contributed by atoms with Crippen molar-refractivity contribution in [1.29, 1.82) is 0 Å². The van der Waals surface area contributed by atoms with Crippen molar-refractivity contribution in [2.45, 2.75) is 13.8 Å². The average Bonchev–Trinajstić information content (AvgIpc) is 2.99. The Kier molecular flexibility index (Phi) is 5.16. The number of benzene rings is 2. The molecule has 0 bridgehead atoms. The van der Waals surface area contributed by atoms with Crippen molar-refractivity contribution in [2.75, 3.05) is 18.0 Å². The smallest absolute Gasteiger partial charge is 0.343 e. The van der Waals surface area contributed by atoms with Gasteiger partial charge in [0.05, 0.1) is 15.8 Å².